The minimum atomic E-state index is -0.769. The van der Waals surface area contributed by atoms with Crippen LogP contribution >= 0.6 is 22.9 Å². The molecule has 3 aromatic rings. The van der Waals surface area contributed by atoms with Gasteiger partial charge in [-0.3, -0.25) is 9.36 Å². The Morgan fingerprint density at radius 2 is 1.97 bits per heavy atom. The number of esters is 1. The number of carbonyl (C=O) groups excluding carboxylic acids is 1. The van der Waals surface area contributed by atoms with Gasteiger partial charge in [-0.15, -0.1) is 0 Å². The van der Waals surface area contributed by atoms with Crippen LogP contribution in [0.25, 0.3) is 6.08 Å². The summed E-state index contributed by atoms with van der Waals surface area (Å²) < 4.78 is 27.3. The number of nitrogens with zero attached hydrogens (tertiary/aromatic N) is 2. The van der Waals surface area contributed by atoms with E-state index in [1.807, 2.05) is 32.9 Å². The third-order valence-electron chi connectivity index (χ3n) is 5.57. The third-order valence-corrected chi connectivity index (χ3v) is 6.88. The van der Waals surface area contributed by atoms with Gasteiger partial charge in [-0.05, 0) is 55.7 Å². The van der Waals surface area contributed by atoms with Gasteiger partial charge >= 0.3 is 5.97 Å². The zero-order valence-electron chi connectivity index (χ0n) is 20.4. The number of halogens is 2. The zero-order valence-corrected chi connectivity index (χ0v) is 22.0. The Bertz CT molecular complexity index is 1490. The van der Waals surface area contributed by atoms with Crippen LogP contribution in [0.2, 0.25) is 5.02 Å². The Kier molecular flexibility index (Phi) is 7.76. The average Bonchev–Trinajstić information content (AvgIpc) is 3.14. The molecule has 4 rings (SSSR count). The van der Waals surface area contributed by atoms with Gasteiger partial charge < -0.3 is 9.47 Å². The minimum absolute atomic E-state index is 0.120. The summed E-state index contributed by atoms with van der Waals surface area (Å²) in [5.41, 5.74) is 1.15. The summed E-state index contributed by atoms with van der Waals surface area (Å²) in [6.07, 6.45) is 1.42. The number of hydrogen-bond acceptors (Lipinski definition) is 6. The van der Waals surface area contributed by atoms with Crippen molar-refractivity contribution in [2.24, 2.45) is 10.9 Å². The first-order valence-electron chi connectivity index (χ1n) is 11.6. The predicted octanol–water partition coefficient (Wildman–Crippen LogP) is 4.63. The lowest BCUT2D eigenvalue weighted by Gasteiger charge is -2.25. The number of hydrogen-bond donors (Lipinski definition) is 0. The van der Waals surface area contributed by atoms with Gasteiger partial charge in [-0.25, -0.2) is 14.2 Å². The van der Waals surface area contributed by atoms with E-state index >= 15 is 0 Å². The smallest absolute Gasteiger partial charge is 0.338 e. The van der Waals surface area contributed by atoms with E-state index in [4.69, 9.17) is 21.1 Å². The monoisotopic (exact) mass is 528 g/mol. The SMILES string of the molecule is CCOc1ccc(C2C(C(=O)OCC(C)C)=C(C)N=c3sc(=Cc4c(F)cccc4Cl)c(=O)n32)cc1. The maximum absolute atomic E-state index is 14.4. The van der Waals surface area contributed by atoms with Crippen LogP contribution in [0, 0.1) is 11.7 Å². The largest absolute Gasteiger partial charge is 0.494 e. The molecule has 0 bridgehead atoms. The number of benzene rings is 2. The van der Waals surface area contributed by atoms with Crippen LogP contribution in [-0.4, -0.2) is 23.8 Å². The van der Waals surface area contributed by atoms with Crippen LogP contribution in [0.5, 0.6) is 5.75 Å². The molecule has 0 spiro atoms. The Hall–Kier alpha value is -3.23. The molecule has 6 nitrogen and oxygen atoms in total. The molecule has 0 amide bonds. The van der Waals surface area contributed by atoms with Gasteiger partial charge in [0.15, 0.2) is 4.80 Å². The van der Waals surface area contributed by atoms with Crippen molar-refractivity contribution in [2.75, 3.05) is 13.2 Å². The molecule has 1 aliphatic rings. The molecule has 0 aliphatic carbocycles. The fourth-order valence-electron chi connectivity index (χ4n) is 3.91. The second-order valence-corrected chi connectivity index (χ2v) is 10.1. The highest BCUT2D eigenvalue weighted by Gasteiger charge is 2.33. The second-order valence-electron chi connectivity index (χ2n) is 8.71. The highest BCUT2D eigenvalue weighted by molar-refractivity contribution is 7.07. The quantitative estimate of drug-likeness (QED) is 0.419. The summed E-state index contributed by atoms with van der Waals surface area (Å²) in [5, 5.41) is 0.193. The standard InChI is InChI=1S/C27H26ClFN2O4S/c1-5-34-18-11-9-17(10-12-18)24-23(26(33)35-14-15(2)3)16(4)30-27-31(24)25(32)22(36-27)13-19-20(28)7-6-8-21(19)29/h6-13,15,24H,5,14H2,1-4H3. The number of ether oxygens (including phenoxy) is 2. The molecule has 1 aromatic heterocycles. The molecule has 1 aliphatic heterocycles. The van der Waals surface area contributed by atoms with E-state index in [-0.39, 0.29) is 33.2 Å². The molecule has 0 N–H and O–H groups in total. The maximum Gasteiger partial charge on any atom is 0.338 e. The summed E-state index contributed by atoms with van der Waals surface area (Å²) in [7, 11) is 0. The van der Waals surface area contributed by atoms with Crippen molar-refractivity contribution in [1.29, 1.82) is 0 Å². The fourth-order valence-corrected chi connectivity index (χ4v) is 5.16. The number of thiazole rings is 1. The Morgan fingerprint density at radius 1 is 1.25 bits per heavy atom. The van der Waals surface area contributed by atoms with Crippen LogP contribution in [0.15, 0.2) is 63.5 Å². The van der Waals surface area contributed by atoms with Crippen LogP contribution in [0.1, 0.15) is 44.9 Å². The summed E-state index contributed by atoms with van der Waals surface area (Å²) in [4.78, 5) is 31.8. The van der Waals surface area contributed by atoms with Gasteiger partial charge in [-0.1, -0.05) is 55.0 Å². The molecule has 36 heavy (non-hydrogen) atoms. The van der Waals surface area contributed by atoms with Crippen molar-refractivity contribution < 1.29 is 18.7 Å². The molecule has 0 saturated heterocycles. The molecule has 2 aromatic carbocycles. The van der Waals surface area contributed by atoms with E-state index in [0.29, 0.717) is 28.4 Å². The Balaban J connectivity index is 1.91. The van der Waals surface area contributed by atoms with Crippen LogP contribution in [0.3, 0.4) is 0 Å². The number of fused-ring (bicyclic) bond motifs is 1. The first-order chi connectivity index (χ1) is 17.2. The molecule has 0 fully saturated rings. The number of aromatic nitrogens is 1. The lowest BCUT2D eigenvalue weighted by atomic mass is 9.96. The van der Waals surface area contributed by atoms with Gasteiger partial charge in [0.25, 0.3) is 5.56 Å². The maximum atomic E-state index is 14.4. The lowest BCUT2D eigenvalue weighted by molar-refractivity contribution is -0.140. The average molecular weight is 529 g/mol. The summed E-state index contributed by atoms with van der Waals surface area (Å²) in [6.45, 7) is 8.25. The molecule has 0 radical (unpaired) electrons. The second kappa shape index (κ2) is 10.8. The number of carbonyl (C=O) groups is 1. The zero-order chi connectivity index (χ0) is 26.0. The van der Waals surface area contributed by atoms with E-state index in [2.05, 4.69) is 4.99 Å². The van der Waals surface area contributed by atoms with Crippen molar-refractivity contribution in [1.82, 2.24) is 4.57 Å². The number of rotatable bonds is 7. The Labute approximate surface area is 217 Å². The first kappa shape index (κ1) is 25.9. The highest BCUT2D eigenvalue weighted by Crippen LogP contribution is 2.32. The van der Waals surface area contributed by atoms with Crippen LogP contribution in [0.4, 0.5) is 4.39 Å². The normalized spacial score (nSPS) is 15.6. The molecule has 2 heterocycles. The third kappa shape index (κ3) is 5.15. The van der Waals surface area contributed by atoms with Crippen molar-refractivity contribution in [2.45, 2.75) is 33.7 Å². The van der Waals surface area contributed by atoms with Gasteiger partial charge in [0, 0.05) is 5.56 Å². The van der Waals surface area contributed by atoms with Crippen molar-refractivity contribution >= 4 is 35.0 Å². The summed E-state index contributed by atoms with van der Waals surface area (Å²) >= 11 is 7.30. The first-order valence-corrected chi connectivity index (χ1v) is 12.8. The van der Waals surface area contributed by atoms with E-state index in [1.54, 1.807) is 25.1 Å². The van der Waals surface area contributed by atoms with Gasteiger partial charge in [0.1, 0.15) is 11.6 Å². The van der Waals surface area contributed by atoms with Gasteiger partial charge in [0.05, 0.1) is 40.1 Å². The van der Waals surface area contributed by atoms with E-state index in [0.717, 1.165) is 11.3 Å². The number of allylic oxidation sites excluding steroid dienone is 1. The van der Waals surface area contributed by atoms with Gasteiger partial charge in [0.2, 0.25) is 0 Å². The van der Waals surface area contributed by atoms with E-state index in [1.165, 1.54) is 22.8 Å². The Morgan fingerprint density at radius 3 is 2.61 bits per heavy atom. The summed E-state index contributed by atoms with van der Waals surface area (Å²) in [6, 6.07) is 10.8. The topological polar surface area (TPSA) is 69.9 Å². The van der Waals surface area contributed by atoms with Crippen molar-refractivity contribution in [3.63, 3.8) is 0 Å². The molecule has 1 unspecified atom stereocenters. The molecule has 1 atom stereocenters. The van der Waals surface area contributed by atoms with Crippen molar-refractivity contribution in [3.8, 4) is 5.75 Å². The molecular formula is C27H26ClFN2O4S. The predicted molar refractivity (Wildman–Crippen MR) is 139 cm³/mol. The van der Waals surface area contributed by atoms with Crippen molar-refractivity contribution in [3.05, 3.63) is 95.4 Å². The highest BCUT2D eigenvalue weighted by atomic mass is 35.5. The lowest BCUT2D eigenvalue weighted by Crippen LogP contribution is -2.40. The summed E-state index contributed by atoms with van der Waals surface area (Å²) in [5.74, 6) is -0.251. The molecule has 0 saturated carbocycles. The van der Waals surface area contributed by atoms with E-state index < -0.39 is 23.4 Å². The van der Waals surface area contributed by atoms with E-state index in [9.17, 15) is 14.0 Å². The van der Waals surface area contributed by atoms with Crippen LogP contribution < -0.4 is 19.6 Å². The van der Waals surface area contributed by atoms with Crippen LogP contribution in [-0.2, 0) is 9.53 Å². The minimum Gasteiger partial charge on any atom is -0.494 e. The molecular weight excluding hydrogens is 503 g/mol. The molecule has 188 valence electrons. The molecule has 9 heteroatoms. The van der Waals surface area contributed by atoms with Gasteiger partial charge in [-0.2, -0.15) is 0 Å². The fraction of sp³-hybridized carbons (Fsp3) is 0.296.